The minimum Gasteiger partial charge on any atom is -0.349 e. The van der Waals surface area contributed by atoms with Crippen molar-refractivity contribution < 1.29 is 0 Å². The van der Waals surface area contributed by atoms with Crippen molar-refractivity contribution in [2.75, 3.05) is 20.1 Å². The van der Waals surface area contributed by atoms with Crippen molar-refractivity contribution in [3.63, 3.8) is 0 Å². The molecule has 24 heavy (non-hydrogen) atoms. The van der Waals surface area contributed by atoms with Crippen LogP contribution < -0.4 is 5.32 Å². The predicted octanol–water partition coefficient (Wildman–Crippen LogP) is 3.24. The van der Waals surface area contributed by atoms with Crippen LogP contribution in [-0.4, -0.2) is 40.5 Å². The molecular formula is C18H28IN5. The Morgan fingerprint density at radius 2 is 1.92 bits per heavy atom. The van der Waals surface area contributed by atoms with Crippen molar-refractivity contribution in [1.82, 2.24) is 19.8 Å². The zero-order valence-electron chi connectivity index (χ0n) is 15.0. The zero-order chi connectivity index (χ0) is 16.4. The Bertz CT molecular complexity index is 698. The molecular weight excluding hydrogens is 413 g/mol. The van der Waals surface area contributed by atoms with E-state index in [0.29, 0.717) is 18.4 Å². The number of hydrogen-bond acceptors (Lipinski definition) is 2. The van der Waals surface area contributed by atoms with Crippen molar-refractivity contribution >= 4 is 41.0 Å². The SMILES string of the molecule is CN=C(NCc1nc2ccccc2n1C)N1CC(C)CC(C)C1.I. The number of fused-ring (bicyclic) bond motifs is 1. The normalized spacial score (nSPS) is 21.7. The van der Waals surface area contributed by atoms with Crippen molar-refractivity contribution in [1.29, 1.82) is 0 Å². The van der Waals surface area contributed by atoms with Gasteiger partial charge in [0, 0.05) is 27.2 Å². The summed E-state index contributed by atoms with van der Waals surface area (Å²) in [6.07, 6.45) is 1.30. The fourth-order valence-corrected chi connectivity index (χ4v) is 3.68. The second-order valence-corrected chi connectivity index (χ2v) is 6.83. The maximum absolute atomic E-state index is 4.72. The van der Waals surface area contributed by atoms with E-state index in [4.69, 9.17) is 4.98 Å². The van der Waals surface area contributed by atoms with Gasteiger partial charge in [-0.25, -0.2) is 4.98 Å². The van der Waals surface area contributed by atoms with Crippen LogP contribution in [0.1, 0.15) is 26.1 Å². The van der Waals surface area contributed by atoms with Gasteiger partial charge in [0.15, 0.2) is 5.96 Å². The highest BCUT2D eigenvalue weighted by Gasteiger charge is 2.24. The predicted molar refractivity (Wildman–Crippen MR) is 111 cm³/mol. The molecule has 3 rings (SSSR count). The summed E-state index contributed by atoms with van der Waals surface area (Å²) >= 11 is 0. The molecule has 0 radical (unpaired) electrons. The first-order valence-electron chi connectivity index (χ1n) is 8.44. The van der Waals surface area contributed by atoms with Crippen LogP contribution in [0.4, 0.5) is 0 Å². The fraction of sp³-hybridized carbons (Fsp3) is 0.556. The molecule has 2 unspecified atom stereocenters. The van der Waals surface area contributed by atoms with E-state index in [-0.39, 0.29) is 24.0 Å². The Morgan fingerprint density at radius 1 is 1.25 bits per heavy atom. The Hall–Kier alpha value is -1.31. The van der Waals surface area contributed by atoms with Crippen molar-refractivity contribution in [3.05, 3.63) is 30.1 Å². The molecule has 1 saturated heterocycles. The van der Waals surface area contributed by atoms with Gasteiger partial charge in [-0.2, -0.15) is 0 Å². The molecule has 1 aliphatic rings. The Balaban J connectivity index is 0.00000208. The van der Waals surface area contributed by atoms with Crippen LogP contribution in [-0.2, 0) is 13.6 Å². The number of para-hydroxylation sites is 2. The second kappa shape index (κ2) is 8.18. The number of nitrogens with one attached hydrogen (secondary N) is 1. The van der Waals surface area contributed by atoms with Gasteiger partial charge in [0.05, 0.1) is 17.6 Å². The number of hydrogen-bond donors (Lipinski definition) is 1. The number of imidazole rings is 1. The molecule has 2 aromatic rings. The lowest BCUT2D eigenvalue weighted by atomic mass is 9.92. The highest BCUT2D eigenvalue weighted by molar-refractivity contribution is 14.0. The number of nitrogens with zero attached hydrogens (tertiary/aromatic N) is 4. The van der Waals surface area contributed by atoms with Gasteiger partial charge in [-0.1, -0.05) is 26.0 Å². The van der Waals surface area contributed by atoms with E-state index in [2.05, 4.69) is 58.9 Å². The van der Waals surface area contributed by atoms with Gasteiger partial charge in [0.1, 0.15) is 5.82 Å². The number of aryl methyl sites for hydroxylation is 1. The lowest BCUT2D eigenvalue weighted by Crippen LogP contribution is -2.48. The first-order chi connectivity index (χ1) is 11.1. The average molecular weight is 441 g/mol. The summed E-state index contributed by atoms with van der Waals surface area (Å²) in [7, 11) is 3.93. The van der Waals surface area contributed by atoms with Gasteiger partial charge in [0.2, 0.25) is 0 Å². The van der Waals surface area contributed by atoms with Crippen molar-refractivity contribution in [2.45, 2.75) is 26.8 Å². The molecule has 6 heteroatoms. The van der Waals surface area contributed by atoms with Gasteiger partial charge in [-0.15, -0.1) is 24.0 Å². The molecule has 1 N–H and O–H groups in total. The standard InChI is InChI=1S/C18H27N5.HI/c1-13-9-14(2)12-23(11-13)18(19-3)20-10-17-21-15-7-5-6-8-16(15)22(17)4;/h5-8,13-14H,9-12H2,1-4H3,(H,19,20);1H. The lowest BCUT2D eigenvalue weighted by molar-refractivity contribution is 0.208. The van der Waals surface area contributed by atoms with E-state index >= 15 is 0 Å². The number of halogens is 1. The summed E-state index contributed by atoms with van der Waals surface area (Å²) in [5.74, 6) is 3.45. The molecule has 1 fully saturated rings. The van der Waals surface area contributed by atoms with Crippen LogP contribution in [0.5, 0.6) is 0 Å². The van der Waals surface area contributed by atoms with Gasteiger partial charge in [-0.3, -0.25) is 4.99 Å². The lowest BCUT2D eigenvalue weighted by Gasteiger charge is -2.37. The molecule has 1 aromatic carbocycles. The van der Waals surface area contributed by atoms with Crippen LogP contribution in [0.3, 0.4) is 0 Å². The molecule has 1 aliphatic heterocycles. The molecule has 0 bridgehead atoms. The summed E-state index contributed by atoms with van der Waals surface area (Å²) in [4.78, 5) is 11.6. The van der Waals surface area contributed by atoms with Crippen molar-refractivity contribution in [3.8, 4) is 0 Å². The maximum atomic E-state index is 4.72. The molecule has 132 valence electrons. The smallest absolute Gasteiger partial charge is 0.194 e. The highest BCUT2D eigenvalue weighted by Crippen LogP contribution is 2.21. The van der Waals surface area contributed by atoms with E-state index in [1.165, 1.54) is 11.9 Å². The minimum atomic E-state index is 0. The number of piperidine rings is 1. The van der Waals surface area contributed by atoms with Gasteiger partial charge in [-0.05, 0) is 30.4 Å². The second-order valence-electron chi connectivity index (χ2n) is 6.83. The van der Waals surface area contributed by atoms with Crippen LogP contribution >= 0.6 is 24.0 Å². The molecule has 2 atom stereocenters. The van der Waals surface area contributed by atoms with E-state index in [1.54, 1.807) is 0 Å². The average Bonchev–Trinajstić information content (AvgIpc) is 2.84. The summed E-state index contributed by atoms with van der Waals surface area (Å²) in [5, 5.41) is 3.49. The minimum absolute atomic E-state index is 0. The third-order valence-corrected chi connectivity index (χ3v) is 4.66. The Kier molecular flexibility index (Phi) is 6.48. The molecule has 0 aliphatic carbocycles. The highest BCUT2D eigenvalue weighted by atomic mass is 127. The van der Waals surface area contributed by atoms with Gasteiger partial charge in [0.25, 0.3) is 0 Å². The molecule has 1 aromatic heterocycles. The van der Waals surface area contributed by atoms with Crippen LogP contribution in [0.15, 0.2) is 29.3 Å². The van der Waals surface area contributed by atoms with E-state index in [9.17, 15) is 0 Å². The van der Waals surface area contributed by atoms with Gasteiger partial charge >= 0.3 is 0 Å². The third-order valence-electron chi connectivity index (χ3n) is 4.66. The van der Waals surface area contributed by atoms with E-state index < -0.39 is 0 Å². The van der Waals surface area contributed by atoms with E-state index in [1.807, 2.05) is 13.1 Å². The Morgan fingerprint density at radius 3 is 2.54 bits per heavy atom. The number of benzene rings is 1. The van der Waals surface area contributed by atoms with Gasteiger partial charge < -0.3 is 14.8 Å². The Labute approximate surface area is 161 Å². The molecule has 0 saturated carbocycles. The summed E-state index contributed by atoms with van der Waals surface area (Å²) < 4.78 is 2.15. The summed E-state index contributed by atoms with van der Waals surface area (Å²) in [6.45, 7) is 7.49. The first-order valence-corrected chi connectivity index (χ1v) is 8.44. The van der Waals surface area contributed by atoms with Crippen LogP contribution in [0.2, 0.25) is 0 Å². The molecule has 5 nitrogen and oxygen atoms in total. The van der Waals surface area contributed by atoms with Crippen LogP contribution in [0, 0.1) is 11.8 Å². The first kappa shape index (κ1) is 19.0. The monoisotopic (exact) mass is 441 g/mol. The fourth-order valence-electron chi connectivity index (χ4n) is 3.68. The number of aromatic nitrogens is 2. The quantitative estimate of drug-likeness (QED) is 0.442. The maximum Gasteiger partial charge on any atom is 0.194 e. The van der Waals surface area contributed by atoms with E-state index in [0.717, 1.165) is 30.4 Å². The number of rotatable bonds is 2. The number of guanidine groups is 1. The number of aliphatic imine (C=N–C) groups is 1. The topological polar surface area (TPSA) is 45.5 Å². The zero-order valence-corrected chi connectivity index (χ0v) is 17.3. The van der Waals surface area contributed by atoms with Crippen LogP contribution in [0.25, 0.3) is 11.0 Å². The largest absolute Gasteiger partial charge is 0.349 e. The molecule has 0 spiro atoms. The summed E-state index contributed by atoms with van der Waals surface area (Å²) in [6, 6.07) is 8.24. The molecule has 0 amide bonds. The molecule has 2 heterocycles. The summed E-state index contributed by atoms with van der Waals surface area (Å²) in [5.41, 5.74) is 2.21. The van der Waals surface area contributed by atoms with Crippen molar-refractivity contribution in [2.24, 2.45) is 23.9 Å². The number of likely N-dealkylation sites (tertiary alicyclic amines) is 1. The third kappa shape index (κ3) is 4.02.